The summed E-state index contributed by atoms with van der Waals surface area (Å²) in [6.07, 6.45) is 0. The van der Waals surface area contributed by atoms with Crippen LogP contribution in [-0.4, -0.2) is 27.8 Å². The minimum atomic E-state index is -3.16. The van der Waals surface area contributed by atoms with Crippen LogP contribution in [0.5, 0.6) is 0 Å². The predicted octanol–water partition coefficient (Wildman–Crippen LogP) is 1.63. The van der Waals surface area contributed by atoms with Gasteiger partial charge in [0.05, 0.1) is 15.8 Å². The minimum absolute atomic E-state index is 0.0294. The Bertz CT molecular complexity index is 477. The molecule has 0 aromatic heterocycles. The Morgan fingerprint density at radius 3 is 2.65 bits per heavy atom. The Labute approximate surface area is 111 Å². The first kappa shape index (κ1) is 14.7. The van der Waals surface area contributed by atoms with Crippen molar-refractivity contribution < 1.29 is 8.42 Å². The van der Waals surface area contributed by atoms with Crippen molar-refractivity contribution >= 4 is 33.2 Å². The van der Waals surface area contributed by atoms with Crippen LogP contribution in [0.4, 0.5) is 0 Å². The third-order valence-electron chi connectivity index (χ3n) is 2.21. The molecule has 0 saturated carbocycles. The van der Waals surface area contributed by atoms with Gasteiger partial charge in [-0.25, -0.2) is 13.1 Å². The van der Waals surface area contributed by atoms with Gasteiger partial charge >= 0.3 is 0 Å². The topological polar surface area (TPSA) is 58.2 Å². The molecule has 0 spiro atoms. The molecule has 0 bridgehead atoms. The standard InChI is InChI=1S/C10H14Cl2N2O2S/c1-13-17(15,16)6-5-14-7-8-3-2-4-9(11)10(8)12/h2-4,13-14H,5-7H2,1H3. The first-order valence-corrected chi connectivity index (χ1v) is 7.42. The quantitative estimate of drug-likeness (QED) is 0.785. The van der Waals surface area contributed by atoms with Gasteiger partial charge in [0.25, 0.3) is 0 Å². The molecule has 7 heteroatoms. The Morgan fingerprint density at radius 1 is 1.29 bits per heavy atom. The number of rotatable bonds is 6. The maximum Gasteiger partial charge on any atom is 0.212 e. The highest BCUT2D eigenvalue weighted by Gasteiger charge is 2.07. The second-order valence-corrected chi connectivity index (χ2v) is 6.24. The average Bonchev–Trinajstić information content (AvgIpc) is 2.30. The van der Waals surface area contributed by atoms with Crippen LogP contribution < -0.4 is 10.0 Å². The minimum Gasteiger partial charge on any atom is -0.312 e. The Balaban J connectivity index is 2.44. The highest BCUT2D eigenvalue weighted by molar-refractivity contribution is 7.89. The molecule has 1 rings (SSSR count). The molecular weight excluding hydrogens is 283 g/mol. The lowest BCUT2D eigenvalue weighted by atomic mass is 10.2. The van der Waals surface area contributed by atoms with Gasteiger partial charge in [0.15, 0.2) is 0 Å². The van der Waals surface area contributed by atoms with Gasteiger partial charge in [-0.15, -0.1) is 0 Å². The zero-order chi connectivity index (χ0) is 12.9. The molecule has 0 saturated heterocycles. The molecule has 0 heterocycles. The molecule has 17 heavy (non-hydrogen) atoms. The van der Waals surface area contributed by atoms with E-state index in [2.05, 4.69) is 10.0 Å². The van der Waals surface area contributed by atoms with Gasteiger partial charge in [0.1, 0.15) is 0 Å². The summed E-state index contributed by atoms with van der Waals surface area (Å²) in [6, 6.07) is 5.35. The highest BCUT2D eigenvalue weighted by Crippen LogP contribution is 2.25. The first-order chi connectivity index (χ1) is 7.96. The molecule has 4 nitrogen and oxygen atoms in total. The van der Waals surface area contributed by atoms with Gasteiger partial charge in [-0.1, -0.05) is 35.3 Å². The van der Waals surface area contributed by atoms with Crippen LogP contribution >= 0.6 is 23.2 Å². The highest BCUT2D eigenvalue weighted by atomic mass is 35.5. The fourth-order valence-corrected chi connectivity index (χ4v) is 2.22. The molecule has 0 aliphatic carbocycles. The van der Waals surface area contributed by atoms with E-state index in [1.165, 1.54) is 7.05 Å². The van der Waals surface area contributed by atoms with Crippen molar-refractivity contribution in [1.29, 1.82) is 0 Å². The van der Waals surface area contributed by atoms with E-state index in [-0.39, 0.29) is 5.75 Å². The van der Waals surface area contributed by atoms with Crippen molar-refractivity contribution in [3.63, 3.8) is 0 Å². The summed E-state index contributed by atoms with van der Waals surface area (Å²) in [6.45, 7) is 0.838. The number of halogens is 2. The Morgan fingerprint density at radius 2 is 2.00 bits per heavy atom. The van der Waals surface area contributed by atoms with Gasteiger partial charge < -0.3 is 5.32 Å². The van der Waals surface area contributed by atoms with Gasteiger partial charge in [-0.3, -0.25) is 0 Å². The van der Waals surface area contributed by atoms with E-state index in [0.717, 1.165) is 5.56 Å². The SMILES string of the molecule is CNS(=O)(=O)CCNCc1cccc(Cl)c1Cl. The lowest BCUT2D eigenvalue weighted by Gasteiger charge is -2.07. The van der Waals surface area contributed by atoms with Crippen molar-refractivity contribution in [3.8, 4) is 0 Å². The fraction of sp³-hybridized carbons (Fsp3) is 0.400. The van der Waals surface area contributed by atoms with Crippen LogP contribution in [0.15, 0.2) is 18.2 Å². The van der Waals surface area contributed by atoms with E-state index >= 15 is 0 Å². The molecule has 0 atom stereocenters. The van der Waals surface area contributed by atoms with Crippen molar-refractivity contribution in [2.24, 2.45) is 0 Å². The molecule has 1 aromatic rings. The number of hydrogen-bond acceptors (Lipinski definition) is 3. The van der Waals surface area contributed by atoms with Gasteiger partial charge in [0, 0.05) is 13.1 Å². The summed E-state index contributed by atoms with van der Waals surface area (Å²) in [5, 5.41) is 3.99. The third kappa shape index (κ3) is 4.81. The first-order valence-electron chi connectivity index (χ1n) is 5.01. The van der Waals surface area contributed by atoms with Crippen LogP contribution in [0, 0.1) is 0 Å². The summed E-state index contributed by atoms with van der Waals surface area (Å²) >= 11 is 11.8. The second-order valence-electron chi connectivity index (χ2n) is 3.41. The largest absolute Gasteiger partial charge is 0.312 e. The number of nitrogens with one attached hydrogen (secondary N) is 2. The molecule has 96 valence electrons. The summed E-state index contributed by atoms with van der Waals surface area (Å²) in [4.78, 5) is 0. The molecule has 0 aliphatic heterocycles. The summed E-state index contributed by atoms with van der Waals surface area (Å²) in [5.74, 6) is 0.0294. The number of sulfonamides is 1. The predicted molar refractivity (Wildman–Crippen MR) is 71.0 cm³/mol. The molecule has 2 N–H and O–H groups in total. The maximum absolute atomic E-state index is 11.1. The Kier molecular flexibility index (Phi) is 5.69. The van der Waals surface area contributed by atoms with E-state index in [1.54, 1.807) is 12.1 Å². The van der Waals surface area contributed by atoms with E-state index in [1.807, 2.05) is 6.07 Å². The van der Waals surface area contributed by atoms with Crippen LogP contribution in [0.3, 0.4) is 0 Å². The van der Waals surface area contributed by atoms with E-state index in [9.17, 15) is 8.42 Å². The van der Waals surface area contributed by atoms with Crippen LogP contribution in [0.1, 0.15) is 5.56 Å². The van der Waals surface area contributed by atoms with E-state index in [0.29, 0.717) is 23.1 Å². The third-order valence-corrected chi connectivity index (χ3v) is 4.43. The van der Waals surface area contributed by atoms with Crippen molar-refractivity contribution in [2.75, 3.05) is 19.3 Å². The number of benzene rings is 1. The molecule has 0 amide bonds. The number of hydrogen-bond donors (Lipinski definition) is 2. The van der Waals surface area contributed by atoms with E-state index < -0.39 is 10.0 Å². The second kappa shape index (κ2) is 6.56. The van der Waals surface area contributed by atoms with Gasteiger partial charge in [0.2, 0.25) is 10.0 Å². The summed E-state index contributed by atoms with van der Waals surface area (Å²) < 4.78 is 24.5. The molecule has 0 fully saturated rings. The van der Waals surface area contributed by atoms with Gasteiger partial charge in [-0.05, 0) is 18.7 Å². The molecule has 1 aromatic carbocycles. The summed E-state index contributed by atoms with van der Waals surface area (Å²) in [5.41, 5.74) is 0.848. The van der Waals surface area contributed by atoms with Crippen molar-refractivity contribution in [3.05, 3.63) is 33.8 Å². The van der Waals surface area contributed by atoms with Crippen LogP contribution in [0.25, 0.3) is 0 Å². The lowest BCUT2D eigenvalue weighted by Crippen LogP contribution is -2.29. The molecule has 0 radical (unpaired) electrons. The van der Waals surface area contributed by atoms with Crippen LogP contribution in [-0.2, 0) is 16.6 Å². The lowest BCUT2D eigenvalue weighted by molar-refractivity contribution is 0.583. The zero-order valence-electron chi connectivity index (χ0n) is 9.33. The fourth-order valence-electron chi connectivity index (χ4n) is 1.22. The van der Waals surface area contributed by atoms with E-state index in [4.69, 9.17) is 23.2 Å². The molecule has 0 unspecified atom stereocenters. The van der Waals surface area contributed by atoms with Gasteiger partial charge in [-0.2, -0.15) is 0 Å². The molecular formula is C10H14Cl2N2O2S. The Hall–Kier alpha value is -0.330. The van der Waals surface area contributed by atoms with Crippen molar-refractivity contribution in [2.45, 2.75) is 6.54 Å². The molecule has 0 aliphatic rings. The maximum atomic E-state index is 11.1. The van der Waals surface area contributed by atoms with Crippen molar-refractivity contribution in [1.82, 2.24) is 10.0 Å². The normalized spacial score (nSPS) is 11.7. The summed E-state index contributed by atoms with van der Waals surface area (Å²) in [7, 11) is -1.77. The van der Waals surface area contributed by atoms with Crippen LogP contribution in [0.2, 0.25) is 10.0 Å². The zero-order valence-corrected chi connectivity index (χ0v) is 11.7. The average molecular weight is 297 g/mol. The monoisotopic (exact) mass is 296 g/mol. The smallest absolute Gasteiger partial charge is 0.212 e.